The molecule has 1 fully saturated rings. The van der Waals surface area contributed by atoms with Crippen molar-refractivity contribution in [1.29, 1.82) is 0 Å². The van der Waals surface area contributed by atoms with Gasteiger partial charge in [0.05, 0.1) is 43.0 Å². The molecule has 1 atom stereocenters. The third-order valence-corrected chi connectivity index (χ3v) is 6.36. The number of carbonyl (C=O) groups is 2. The number of rotatable bonds is 6. The lowest BCUT2D eigenvalue weighted by Crippen LogP contribution is -2.29. The Morgan fingerprint density at radius 3 is 2.40 bits per heavy atom. The molecule has 6 nitrogen and oxygen atoms in total. The van der Waals surface area contributed by atoms with Gasteiger partial charge in [-0.3, -0.25) is 9.59 Å². The van der Waals surface area contributed by atoms with E-state index in [4.69, 9.17) is 21.1 Å². The molecule has 0 saturated carbocycles. The van der Waals surface area contributed by atoms with Gasteiger partial charge >= 0.3 is 0 Å². The first kappa shape index (κ1) is 24.4. The monoisotopic (exact) mass is 491 g/mol. The zero-order chi connectivity index (χ0) is 25.3. The van der Waals surface area contributed by atoms with Gasteiger partial charge in [0.2, 0.25) is 0 Å². The van der Waals surface area contributed by atoms with Gasteiger partial charge in [0, 0.05) is 5.56 Å². The third-order valence-electron chi connectivity index (χ3n) is 6.08. The number of likely N-dealkylation sites (tertiary alicyclic amines) is 1. The summed E-state index contributed by atoms with van der Waals surface area (Å²) in [6.07, 6.45) is 0. The number of carbonyl (C=O) groups excluding carboxylic acids is 2. The summed E-state index contributed by atoms with van der Waals surface area (Å²) in [6, 6.07) is 17.4. The second-order valence-electron chi connectivity index (χ2n) is 8.48. The molecule has 1 aliphatic rings. The molecule has 0 spiro atoms. The second-order valence-corrected chi connectivity index (χ2v) is 8.89. The van der Waals surface area contributed by atoms with Gasteiger partial charge in [0.25, 0.3) is 11.7 Å². The third kappa shape index (κ3) is 4.49. The van der Waals surface area contributed by atoms with E-state index in [9.17, 15) is 14.7 Å². The van der Waals surface area contributed by atoms with Crippen LogP contribution in [0.1, 0.15) is 33.9 Å². The molecule has 7 heteroatoms. The Morgan fingerprint density at radius 2 is 1.71 bits per heavy atom. The number of aliphatic hydroxyl groups is 1. The number of amides is 1. The number of benzene rings is 3. The van der Waals surface area contributed by atoms with Crippen molar-refractivity contribution in [2.45, 2.75) is 26.4 Å². The average Bonchev–Trinajstić information content (AvgIpc) is 3.08. The van der Waals surface area contributed by atoms with Crippen molar-refractivity contribution in [2.24, 2.45) is 0 Å². The minimum absolute atomic E-state index is 0.0181. The Hall–Kier alpha value is -3.77. The summed E-state index contributed by atoms with van der Waals surface area (Å²) >= 11 is 6.36. The highest BCUT2D eigenvalue weighted by molar-refractivity contribution is 6.46. The van der Waals surface area contributed by atoms with Crippen LogP contribution >= 0.6 is 11.6 Å². The maximum Gasteiger partial charge on any atom is 0.295 e. The number of methoxy groups -OCH3 is 2. The lowest BCUT2D eigenvalue weighted by molar-refractivity contribution is -0.140. The summed E-state index contributed by atoms with van der Waals surface area (Å²) in [6.45, 7) is 3.87. The summed E-state index contributed by atoms with van der Waals surface area (Å²) in [5.74, 6) is -0.983. The van der Waals surface area contributed by atoms with Crippen LogP contribution in [0.2, 0.25) is 5.02 Å². The van der Waals surface area contributed by atoms with Gasteiger partial charge in [-0.25, -0.2) is 0 Å². The standard InChI is InChI=1S/C28H26ClNO5/c1-16-8-7-10-18(12-16)24-23(25(31)20-13-17(2)14-21(29)27(20)35-4)26(32)28(33)30(24)15-19-9-5-6-11-22(19)34-3/h5-14,24,31H,15H2,1-4H3/b25-23+. The van der Waals surface area contributed by atoms with Gasteiger partial charge in [-0.1, -0.05) is 59.6 Å². The summed E-state index contributed by atoms with van der Waals surface area (Å²) in [4.78, 5) is 28.2. The molecule has 1 saturated heterocycles. The van der Waals surface area contributed by atoms with Crippen molar-refractivity contribution < 1.29 is 24.2 Å². The minimum atomic E-state index is -0.816. The zero-order valence-corrected chi connectivity index (χ0v) is 20.7. The molecule has 4 rings (SSSR count). The molecule has 1 N–H and O–H groups in total. The van der Waals surface area contributed by atoms with Crippen LogP contribution in [0.3, 0.4) is 0 Å². The van der Waals surface area contributed by atoms with E-state index in [0.717, 1.165) is 16.7 Å². The lowest BCUT2D eigenvalue weighted by Gasteiger charge is -2.26. The number of aryl methyl sites for hydroxylation is 2. The Balaban J connectivity index is 1.95. The van der Waals surface area contributed by atoms with Crippen molar-refractivity contribution in [3.05, 3.63) is 99.1 Å². The number of para-hydroxylation sites is 1. The first-order chi connectivity index (χ1) is 16.8. The Kier molecular flexibility index (Phi) is 6.85. The molecule has 0 radical (unpaired) electrons. The summed E-state index contributed by atoms with van der Waals surface area (Å²) in [7, 11) is 2.99. The SMILES string of the molecule is COc1ccccc1CN1C(=O)C(=O)/C(=C(/O)c2cc(C)cc(Cl)c2OC)C1c1cccc(C)c1. The predicted molar refractivity (Wildman–Crippen MR) is 135 cm³/mol. The number of hydrogen-bond donors (Lipinski definition) is 1. The Labute approximate surface area is 209 Å². The van der Waals surface area contributed by atoms with E-state index in [1.54, 1.807) is 25.3 Å². The van der Waals surface area contributed by atoms with Crippen LogP contribution in [0, 0.1) is 13.8 Å². The smallest absolute Gasteiger partial charge is 0.295 e. The molecule has 0 aliphatic carbocycles. The van der Waals surface area contributed by atoms with E-state index in [1.807, 2.05) is 56.3 Å². The average molecular weight is 492 g/mol. The molecule has 1 amide bonds. The fourth-order valence-electron chi connectivity index (χ4n) is 4.50. The number of ether oxygens (including phenoxy) is 2. The maximum atomic E-state index is 13.4. The van der Waals surface area contributed by atoms with Gasteiger partial charge in [0.1, 0.15) is 17.3 Å². The van der Waals surface area contributed by atoms with Crippen LogP contribution in [0.15, 0.2) is 66.2 Å². The molecular weight excluding hydrogens is 466 g/mol. The van der Waals surface area contributed by atoms with Gasteiger partial charge in [-0.05, 0) is 43.2 Å². The number of aliphatic hydroxyl groups excluding tert-OH is 1. The first-order valence-electron chi connectivity index (χ1n) is 11.1. The summed E-state index contributed by atoms with van der Waals surface area (Å²) in [5, 5.41) is 11.8. The Morgan fingerprint density at radius 1 is 0.971 bits per heavy atom. The van der Waals surface area contributed by atoms with Crippen molar-refractivity contribution in [3.63, 3.8) is 0 Å². The van der Waals surface area contributed by atoms with E-state index in [1.165, 1.54) is 12.0 Å². The fourth-order valence-corrected chi connectivity index (χ4v) is 4.86. The molecule has 3 aromatic rings. The van der Waals surface area contributed by atoms with Crippen molar-refractivity contribution >= 4 is 29.1 Å². The highest BCUT2D eigenvalue weighted by Gasteiger charge is 2.46. The molecule has 1 unspecified atom stereocenters. The molecule has 35 heavy (non-hydrogen) atoms. The van der Waals surface area contributed by atoms with Gasteiger partial charge in [0.15, 0.2) is 0 Å². The fraction of sp³-hybridized carbons (Fsp3) is 0.214. The minimum Gasteiger partial charge on any atom is -0.507 e. The number of halogens is 1. The van der Waals surface area contributed by atoms with E-state index in [0.29, 0.717) is 16.3 Å². The zero-order valence-electron chi connectivity index (χ0n) is 20.0. The molecular formula is C28H26ClNO5. The second kappa shape index (κ2) is 9.84. The Bertz CT molecular complexity index is 1350. The normalized spacial score (nSPS) is 17.1. The van der Waals surface area contributed by atoms with Crippen molar-refractivity contribution in [3.8, 4) is 11.5 Å². The topological polar surface area (TPSA) is 76.1 Å². The summed E-state index contributed by atoms with van der Waals surface area (Å²) in [5.41, 5.74) is 3.42. The van der Waals surface area contributed by atoms with Gasteiger partial charge in [-0.2, -0.15) is 0 Å². The van der Waals surface area contributed by atoms with Crippen molar-refractivity contribution in [2.75, 3.05) is 14.2 Å². The highest BCUT2D eigenvalue weighted by atomic mass is 35.5. The van der Waals surface area contributed by atoms with Gasteiger partial charge < -0.3 is 19.5 Å². The van der Waals surface area contributed by atoms with Crippen molar-refractivity contribution in [1.82, 2.24) is 4.90 Å². The highest BCUT2D eigenvalue weighted by Crippen LogP contribution is 2.43. The molecule has 3 aromatic carbocycles. The molecule has 0 aromatic heterocycles. The lowest BCUT2D eigenvalue weighted by atomic mass is 9.93. The molecule has 1 heterocycles. The van der Waals surface area contributed by atoms with E-state index in [2.05, 4.69) is 0 Å². The molecule has 1 aliphatic heterocycles. The quantitative estimate of drug-likeness (QED) is 0.276. The molecule has 180 valence electrons. The van der Waals surface area contributed by atoms with Gasteiger partial charge in [-0.15, -0.1) is 0 Å². The first-order valence-corrected chi connectivity index (χ1v) is 11.5. The van der Waals surface area contributed by atoms with E-state index in [-0.39, 0.29) is 29.2 Å². The van der Waals surface area contributed by atoms with Crippen LogP contribution < -0.4 is 9.47 Å². The van der Waals surface area contributed by atoms with E-state index >= 15 is 0 Å². The van der Waals surface area contributed by atoms with Crippen LogP contribution in [0.4, 0.5) is 0 Å². The number of nitrogens with zero attached hydrogens (tertiary/aromatic N) is 1. The summed E-state index contributed by atoms with van der Waals surface area (Å²) < 4.78 is 10.9. The number of Topliss-reactive ketones (excluding diaryl/α,β-unsaturated/α-hetero) is 1. The van der Waals surface area contributed by atoms with E-state index < -0.39 is 17.7 Å². The number of ketones is 1. The number of hydrogen-bond acceptors (Lipinski definition) is 5. The van der Waals surface area contributed by atoms with Crippen LogP contribution in [0.25, 0.3) is 5.76 Å². The van der Waals surface area contributed by atoms with Crippen LogP contribution in [-0.4, -0.2) is 35.9 Å². The molecule has 0 bridgehead atoms. The van der Waals surface area contributed by atoms with Crippen LogP contribution in [0.5, 0.6) is 11.5 Å². The predicted octanol–water partition coefficient (Wildman–Crippen LogP) is 5.60. The maximum absolute atomic E-state index is 13.4. The van der Waals surface area contributed by atoms with Crippen LogP contribution in [-0.2, 0) is 16.1 Å². The largest absolute Gasteiger partial charge is 0.507 e.